The molecule has 0 aromatic heterocycles. The molecule has 240 valence electrons. The van der Waals surface area contributed by atoms with Gasteiger partial charge in [0.05, 0.1) is 30.1 Å². The number of fused-ring (bicyclic) bond motifs is 1. The van der Waals surface area contributed by atoms with Crippen LogP contribution in [0.3, 0.4) is 0 Å². The molecule has 6 N–H and O–H groups in total. The van der Waals surface area contributed by atoms with Crippen LogP contribution in [0.25, 0.3) is 10.8 Å². The molecule has 0 spiro atoms. The molecule has 0 bridgehead atoms. The Kier molecular flexibility index (Phi) is 9.57. The van der Waals surface area contributed by atoms with E-state index < -0.39 is 119 Å². The number of benzene rings is 3. The SMILES string of the molecule is COc1cc(N=Nc2c(S(=O)(=O)O)cc3cc(S(=O)(=O)O)cc(NC(C)=O)c3c2O)c(O)cc1S(=O)(=O)CCOS(=O)(=O)O. The van der Waals surface area contributed by atoms with E-state index in [-0.39, 0.29) is 0 Å². The van der Waals surface area contributed by atoms with Gasteiger partial charge in [-0.1, -0.05) is 0 Å². The van der Waals surface area contributed by atoms with Crippen LogP contribution < -0.4 is 10.1 Å². The molecular formula is C21H21N3O16S4. The first-order valence-electron chi connectivity index (χ1n) is 11.3. The maximum atomic E-state index is 12.6. The molecule has 0 heterocycles. The van der Waals surface area contributed by atoms with Crippen LogP contribution in [0.4, 0.5) is 17.1 Å². The van der Waals surface area contributed by atoms with E-state index in [1.807, 2.05) is 0 Å². The highest BCUT2D eigenvalue weighted by atomic mass is 32.3. The fourth-order valence-electron chi connectivity index (χ4n) is 3.67. The third-order valence-corrected chi connectivity index (χ3v) is 9.30. The van der Waals surface area contributed by atoms with E-state index in [2.05, 4.69) is 19.7 Å². The minimum Gasteiger partial charge on any atom is -0.506 e. The Morgan fingerprint density at radius 2 is 1.50 bits per heavy atom. The van der Waals surface area contributed by atoms with Crippen LogP contribution >= 0.6 is 0 Å². The van der Waals surface area contributed by atoms with Crippen molar-refractivity contribution in [3.63, 3.8) is 0 Å². The van der Waals surface area contributed by atoms with Crippen molar-refractivity contribution >= 4 is 74.2 Å². The van der Waals surface area contributed by atoms with E-state index in [1.54, 1.807) is 0 Å². The highest BCUT2D eigenvalue weighted by Gasteiger charge is 2.27. The predicted octanol–water partition coefficient (Wildman–Crippen LogP) is 1.72. The molecule has 0 unspecified atom stereocenters. The van der Waals surface area contributed by atoms with Gasteiger partial charge in [0, 0.05) is 24.4 Å². The highest BCUT2D eigenvalue weighted by Crippen LogP contribution is 2.46. The summed E-state index contributed by atoms with van der Waals surface area (Å²) in [6, 6.07) is 3.53. The standard InChI is InChI=1S/C21H21N3O16S4/c1-10(25)22-14-7-12(42(30,31)32)5-11-6-18(43(33,34)35)20(21(27)19(11)14)24-23-13-8-16(39-2)17(9-15(13)26)41(28,29)4-3-40-44(36,37)38/h5-9,26-27H,3-4H2,1-2H3,(H,22,25)(H,30,31,32)(H,33,34,35)(H,36,37,38). The molecule has 3 aromatic carbocycles. The van der Waals surface area contributed by atoms with Crippen molar-refractivity contribution in [2.75, 3.05) is 24.8 Å². The normalized spacial score (nSPS) is 12.9. The van der Waals surface area contributed by atoms with Gasteiger partial charge in [0.25, 0.3) is 20.2 Å². The lowest BCUT2D eigenvalue weighted by Crippen LogP contribution is -2.16. The van der Waals surface area contributed by atoms with Crippen molar-refractivity contribution in [2.45, 2.75) is 21.6 Å². The predicted molar refractivity (Wildman–Crippen MR) is 148 cm³/mol. The molecule has 0 aliphatic carbocycles. The number of hydrogen-bond acceptors (Lipinski definition) is 15. The molecule has 1 amide bonds. The largest absolute Gasteiger partial charge is 0.506 e. The Bertz CT molecular complexity index is 2140. The summed E-state index contributed by atoms with van der Waals surface area (Å²) in [5.41, 5.74) is -2.00. The maximum Gasteiger partial charge on any atom is 0.397 e. The number of amides is 1. The number of anilines is 1. The number of azo groups is 1. The Hall–Kier alpha value is -3.97. The summed E-state index contributed by atoms with van der Waals surface area (Å²) < 4.78 is 131. The molecule has 44 heavy (non-hydrogen) atoms. The van der Waals surface area contributed by atoms with Crippen molar-refractivity contribution in [3.8, 4) is 17.2 Å². The smallest absolute Gasteiger partial charge is 0.397 e. The van der Waals surface area contributed by atoms with Crippen LogP contribution in [0, 0.1) is 0 Å². The number of rotatable bonds is 11. The topological polar surface area (TPSA) is 310 Å². The molecule has 23 heteroatoms. The average Bonchev–Trinajstić information content (AvgIpc) is 2.85. The first kappa shape index (κ1) is 34.5. The van der Waals surface area contributed by atoms with Crippen LogP contribution in [-0.2, 0) is 49.5 Å². The second-order valence-electron chi connectivity index (χ2n) is 8.53. The summed E-state index contributed by atoms with van der Waals surface area (Å²) in [7, 11) is -18.5. The minimum atomic E-state index is -5.26. The van der Waals surface area contributed by atoms with Crippen molar-refractivity contribution < 1.29 is 71.3 Å². The summed E-state index contributed by atoms with van der Waals surface area (Å²) in [5, 5.41) is 30.0. The summed E-state index contributed by atoms with van der Waals surface area (Å²) in [5.74, 6) is -4.24. The minimum absolute atomic E-state index is 0.412. The third-order valence-electron chi connectivity index (χ3n) is 5.45. The molecule has 0 saturated heterocycles. The zero-order chi connectivity index (χ0) is 33.4. The molecule has 3 aromatic rings. The monoisotopic (exact) mass is 699 g/mol. The average molecular weight is 700 g/mol. The number of methoxy groups -OCH3 is 1. The van der Waals surface area contributed by atoms with Crippen molar-refractivity contribution in [1.82, 2.24) is 0 Å². The fraction of sp³-hybridized carbons (Fsp3) is 0.190. The number of carbonyl (C=O) groups is 1. The first-order valence-corrected chi connectivity index (χ1v) is 17.2. The summed E-state index contributed by atoms with van der Waals surface area (Å²) >= 11 is 0. The fourth-order valence-corrected chi connectivity index (χ4v) is 6.54. The van der Waals surface area contributed by atoms with E-state index in [0.717, 1.165) is 32.2 Å². The van der Waals surface area contributed by atoms with Gasteiger partial charge < -0.3 is 20.3 Å². The van der Waals surface area contributed by atoms with Gasteiger partial charge in [0.1, 0.15) is 32.7 Å². The summed E-state index contributed by atoms with van der Waals surface area (Å²) in [4.78, 5) is 9.10. The van der Waals surface area contributed by atoms with Gasteiger partial charge in [-0.15, -0.1) is 10.2 Å². The van der Waals surface area contributed by atoms with Crippen LogP contribution in [0.2, 0.25) is 0 Å². The number of nitrogens with zero attached hydrogens (tertiary/aromatic N) is 2. The molecule has 3 rings (SSSR count). The van der Waals surface area contributed by atoms with E-state index in [1.165, 1.54) is 0 Å². The van der Waals surface area contributed by atoms with Crippen molar-refractivity contribution in [1.29, 1.82) is 0 Å². The van der Waals surface area contributed by atoms with Gasteiger partial charge in [0.2, 0.25) is 5.91 Å². The number of nitrogens with one attached hydrogen (secondary N) is 1. The molecule has 19 nitrogen and oxygen atoms in total. The molecule has 0 aliphatic heterocycles. The van der Waals surface area contributed by atoms with Crippen molar-refractivity contribution in [3.05, 3.63) is 30.3 Å². The summed E-state index contributed by atoms with van der Waals surface area (Å²) in [6.45, 7) is 0.0101. The Balaban J connectivity index is 2.24. The van der Waals surface area contributed by atoms with E-state index in [0.29, 0.717) is 12.1 Å². The molecular weight excluding hydrogens is 679 g/mol. The van der Waals surface area contributed by atoms with E-state index in [4.69, 9.17) is 9.29 Å². The van der Waals surface area contributed by atoms with Gasteiger partial charge in [-0.05, 0) is 23.6 Å². The Morgan fingerprint density at radius 1 is 0.864 bits per heavy atom. The van der Waals surface area contributed by atoms with Gasteiger partial charge in [-0.25, -0.2) is 12.6 Å². The van der Waals surface area contributed by atoms with Crippen molar-refractivity contribution in [2.24, 2.45) is 10.2 Å². The molecule has 0 aliphatic rings. The van der Waals surface area contributed by atoms with Crippen LogP contribution in [-0.4, -0.2) is 82.9 Å². The first-order chi connectivity index (χ1) is 20.0. The second kappa shape index (κ2) is 12.2. The Morgan fingerprint density at radius 3 is 2.02 bits per heavy atom. The zero-order valence-electron chi connectivity index (χ0n) is 22.1. The van der Waals surface area contributed by atoms with Gasteiger partial charge in [-0.2, -0.15) is 25.3 Å². The lowest BCUT2D eigenvalue weighted by Gasteiger charge is -2.14. The molecule has 0 radical (unpaired) electrons. The quantitative estimate of drug-likeness (QED) is 0.123. The molecule has 0 atom stereocenters. The number of sulfone groups is 1. The maximum absolute atomic E-state index is 12.6. The number of phenolic OH excluding ortho intramolecular Hbond substituents is 2. The van der Waals surface area contributed by atoms with Gasteiger partial charge in [0.15, 0.2) is 15.6 Å². The third kappa shape index (κ3) is 7.94. The highest BCUT2D eigenvalue weighted by molar-refractivity contribution is 7.91. The number of hydrogen-bond donors (Lipinski definition) is 6. The lowest BCUT2D eigenvalue weighted by atomic mass is 10.1. The number of phenols is 2. The van der Waals surface area contributed by atoms with E-state index >= 15 is 0 Å². The number of carbonyl (C=O) groups excluding carboxylic acids is 1. The molecule has 0 fully saturated rings. The molecule has 0 saturated carbocycles. The van der Waals surface area contributed by atoms with E-state index in [9.17, 15) is 57.8 Å². The zero-order valence-corrected chi connectivity index (χ0v) is 25.3. The van der Waals surface area contributed by atoms with Crippen LogP contribution in [0.15, 0.2) is 55.2 Å². The number of aromatic hydroxyl groups is 2. The Labute approximate surface area is 249 Å². The van der Waals surface area contributed by atoms with Crippen LogP contribution in [0.1, 0.15) is 6.92 Å². The second-order valence-corrected chi connectivity index (χ2v) is 14.5. The summed E-state index contributed by atoms with van der Waals surface area (Å²) in [6.07, 6.45) is 0. The van der Waals surface area contributed by atoms with Crippen LogP contribution in [0.5, 0.6) is 17.2 Å². The number of ether oxygens (including phenoxy) is 1. The van der Waals surface area contributed by atoms with Gasteiger partial charge in [-0.3, -0.25) is 18.5 Å². The van der Waals surface area contributed by atoms with Gasteiger partial charge >= 0.3 is 10.4 Å². The lowest BCUT2D eigenvalue weighted by molar-refractivity contribution is -0.114.